The molecule has 0 aliphatic heterocycles. The first kappa shape index (κ1) is 13.0. The first-order chi connectivity index (χ1) is 8.97. The molecule has 0 spiro atoms. The van der Waals surface area contributed by atoms with Crippen LogP contribution in [0.1, 0.15) is 10.4 Å². The molecule has 2 rings (SSSR count). The molecule has 1 amide bonds. The number of amides is 1. The Labute approximate surface area is 112 Å². The average molecular weight is 282 g/mol. The Morgan fingerprint density at radius 1 is 1.53 bits per heavy atom. The molecule has 0 saturated heterocycles. The summed E-state index contributed by atoms with van der Waals surface area (Å²) < 4.78 is 1.50. The lowest BCUT2D eigenvalue weighted by Gasteiger charge is -2.03. The van der Waals surface area contributed by atoms with Crippen molar-refractivity contribution in [3.63, 3.8) is 0 Å². The summed E-state index contributed by atoms with van der Waals surface area (Å²) in [5.41, 5.74) is 0.0792. The standard InChI is InChI=1S/C10H8ClN5O3/c1-15-5-6(3-13-15)14-10(17)8-2-7(16(18)19)4-12-9(8)11/h2-5H,1H3,(H,14,17). The summed E-state index contributed by atoms with van der Waals surface area (Å²) in [6, 6.07) is 1.07. The third-order valence-corrected chi connectivity index (χ3v) is 2.54. The van der Waals surface area contributed by atoms with Crippen LogP contribution in [0.15, 0.2) is 24.7 Å². The van der Waals surface area contributed by atoms with Crippen molar-refractivity contribution in [3.8, 4) is 0 Å². The van der Waals surface area contributed by atoms with Gasteiger partial charge in [0.15, 0.2) is 0 Å². The van der Waals surface area contributed by atoms with Crippen LogP contribution in [0, 0.1) is 10.1 Å². The van der Waals surface area contributed by atoms with E-state index in [2.05, 4.69) is 15.4 Å². The van der Waals surface area contributed by atoms with E-state index in [1.54, 1.807) is 13.2 Å². The molecule has 0 atom stereocenters. The van der Waals surface area contributed by atoms with Crippen LogP contribution in [-0.4, -0.2) is 25.6 Å². The SMILES string of the molecule is Cn1cc(NC(=O)c2cc([N+](=O)[O-])cnc2Cl)cn1. The van der Waals surface area contributed by atoms with E-state index >= 15 is 0 Å². The zero-order valence-corrected chi connectivity index (χ0v) is 10.5. The summed E-state index contributed by atoms with van der Waals surface area (Å²) >= 11 is 5.75. The largest absolute Gasteiger partial charge is 0.319 e. The van der Waals surface area contributed by atoms with Crippen LogP contribution in [0.4, 0.5) is 11.4 Å². The van der Waals surface area contributed by atoms with Gasteiger partial charge in [0.1, 0.15) is 11.3 Å². The quantitative estimate of drug-likeness (QED) is 0.523. The van der Waals surface area contributed by atoms with Crippen LogP contribution in [0.25, 0.3) is 0 Å². The van der Waals surface area contributed by atoms with E-state index in [1.165, 1.54) is 10.9 Å². The number of hydrogen-bond donors (Lipinski definition) is 1. The molecule has 0 saturated carbocycles. The number of pyridine rings is 1. The second-order valence-electron chi connectivity index (χ2n) is 3.65. The fraction of sp³-hybridized carbons (Fsp3) is 0.100. The van der Waals surface area contributed by atoms with Crippen LogP contribution < -0.4 is 5.32 Å². The number of aromatic nitrogens is 3. The first-order valence-electron chi connectivity index (χ1n) is 5.07. The molecule has 0 aromatic carbocycles. The summed E-state index contributed by atoms with van der Waals surface area (Å²) in [6.45, 7) is 0. The number of aryl methyl sites for hydroxylation is 1. The predicted molar refractivity (Wildman–Crippen MR) is 67.1 cm³/mol. The number of carbonyl (C=O) groups excluding carboxylic acids is 1. The lowest BCUT2D eigenvalue weighted by atomic mass is 10.2. The molecule has 2 aromatic rings. The molecule has 0 aliphatic rings. The molecular weight excluding hydrogens is 274 g/mol. The molecule has 0 unspecified atom stereocenters. The van der Waals surface area contributed by atoms with E-state index in [4.69, 9.17) is 11.6 Å². The van der Waals surface area contributed by atoms with Gasteiger partial charge in [0.05, 0.1) is 22.4 Å². The summed E-state index contributed by atoms with van der Waals surface area (Å²) in [5.74, 6) is -0.589. The van der Waals surface area contributed by atoms with Gasteiger partial charge in [-0.3, -0.25) is 19.6 Å². The minimum absolute atomic E-state index is 0.0697. The maximum atomic E-state index is 11.9. The Balaban J connectivity index is 2.27. The van der Waals surface area contributed by atoms with Gasteiger partial charge >= 0.3 is 0 Å². The summed E-state index contributed by atoms with van der Waals surface area (Å²) in [6.07, 6.45) is 4.01. The van der Waals surface area contributed by atoms with E-state index in [0.29, 0.717) is 5.69 Å². The topological polar surface area (TPSA) is 103 Å². The predicted octanol–water partition coefficient (Wildman–Crippen LogP) is 1.63. The maximum Gasteiger partial charge on any atom is 0.288 e. The second kappa shape index (κ2) is 5.02. The normalized spacial score (nSPS) is 10.2. The highest BCUT2D eigenvalue weighted by atomic mass is 35.5. The van der Waals surface area contributed by atoms with Crippen molar-refractivity contribution in [1.82, 2.24) is 14.8 Å². The monoisotopic (exact) mass is 281 g/mol. The number of nitro groups is 1. The van der Waals surface area contributed by atoms with Gasteiger partial charge in [-0.1, -0.05) is 11.6 Å². The molecule has 2 aromatic heterocycles. The smallest absolute Gasteiger partial charge is 0.288 e. The Bertz CT molecular complexity index is 654. The molecule has 0 fully saturated rings. The number of anilines is 1. The van der Waals surface area contributed by atoms with Gasteiger partial charge in [-0.25, -0.2) is 4.98 Å². The van der Waals surface area contributed by atoms with Crippen molar-refractivity contribution in [3.05, 3.63) is 45.5 Å². The van der Waals surface area contributed by atoms with Crippen LogP contribution >= 0.6 is 11.6 Å². The van der Waals surface area contributed by atoms with Gasteiger partial charge in [0, 0.05) is 19.3 Å². The van der Waals surface area contributed by atoms with E-state index in [9.17, 15) is 14.9 Å². The van der Waals surface area contributed by atoms with Crippen molar-refractivity contribution in [2.24, 2.45) is 7.05 Å². The second-order valence-corrected chi connectivity index (χ2v) is 4.00. The highest BCUT2D eigenvalue weighted by Gasteiger charge is 2.17. The van der Waals surface area contributed by atoms with Crippen molar-refractivity contribution in [2.75, 3.05) is 5.32 Å². The molecule has 1 N–H and O–H groups in total. The minimum Gasteiger partial charge on any atom is -0.319 e. The summed E-state index contributed by atoms with van der Waals surface area (Å²) in [7, 11) is 1.69. The summed E-state index contributed by atoms with van der Waals surface area (Å²) in [5, 5.41) is 16.9. The van der Waals surface area contributed by atoms with E-state index in [-0.39, 0.29) is 16.4 Å². The van der Waals surface area contributed by atoms with Crippen LogP contribution in [-0.2, 0) is 7.05 Å². The number of carbonyl (C=O) groups is 1. The third kappa shape index (κ3) is 2.86. The van der Waals surface area contributed by atoms with Gasteiger partial charge in [-0.05, 0) is 0 Å². The molecule has 98 valence electrons. The average Bonchev–Trinajstić information content (AvgIpc) is 2.74. The maximum absolute atomic E-state index is 11.9. The van der Waals surface area contributed by atoms with Crippen LogP contribution in [0.3, 0.4) is 0 Å². The highest BCUT2D eigenvalue weighted by Crippen LogP contribution is 2.20. The highest BCUT2D eigenvalue weighted by molar-refractivity contribution is 6.33. The number of rotatable bonds is 3. The Morgan fingerprint density at radius 2 is 2.26 bits per heavy atom. The van der Waals surface area contributed by atoms with Crippen LogP contribution in [0.5, 0.6) is 0 Å². The fourth-order valence-corrected chi connectivity index (χ4v) is 1.57. The molecule has 0 bridgehead atoms. The van der Waals surface area contributed by atoms with E-state index in [0.717, 1.165) is 12.3 Å². The van der Waals surface area contributed by atoms with Gasteiger partial charge in [-0.2, -0.15) is 5.10 Å². The number of halogens is 1. The molecular formula is C10H8ClN5O3. The van der Waals surface area contributed by atoms with Gasteiger partial charge in [0.25, 0.3) is 11.6 Å². The van der Waals surface area contributed by atoms with Gasteiger partial charge in [0.2, 0.25) is 0 Å². The van der Waals surface area contributed by atoms with Crippen molar-refractivity contribution in [2.45, 2.75) is 0 Å². The summed E-state index contributed by atoms with van der Waals surface area (Å²) in [4.78, 5) is 25.5. The number of hydrogen-bond acceptors (Lipinski definition) is 5. The first-order valence-corrected chi connectivity index (χ1v) is 5.45. The number of nitrogens with one attached hydrogen (secondary N) is 1. The van der Waals surface area contributed by atoms with Crippen LogP contribution in [0.2, 0.25) is 5.15 Å². The molecule has 0 aliphatic carbocycles. The minimum atomic E-state index is -0.649. The molecule has 2 heterocycles. The Morgan fingerprint density at radius 3 is 2.84 bits per heavy atom. The zero-order chi connectivity index (χ0) is 14.0. The van der Waals surface area contributed by atoms with Gasteiger partial charge < -0.3 is 5.32 Å². The lowest BCUT2D eigenvalue weighted by Crippen LogP contribution is -2.13. The molecule has 0 radical (unpaired) electrons. The fourth-order valence-electron chi connectivity index (χ4n) is 1.38. The number of nitrogens with zero attached hydrogens (tertiary/aromatic N) is 4. The van der Waals surface area contributed by atoms with E-state index in [1.807, 2.05) is 0 Å². The van der Waals surface area contributed by atoms with Crippen molar-refractivity contribution < 1.29 is 9.72 Å². The Hall–Kier alpha value is -2.48. The van der Waals surface area contributed by atoms with Gasteiger partial charge in [-0.15, -0.1) is 0 Å². The van der Waals surface area contributed by atoms with E-state index < -0.39 is 10.8 Å². The molecule has 9 heteroatoms. The zero-order valence-electron chi connectivity index (χ0n) is 9.70. The molecule has 8 nitrogen and oxygen atoms in total. The lowest BCUT2D eigenvalue weighted by molar-refractivity contribution is -0.385. The third-order valence-electron chi connectivity index (χ3n) is 2.24. The molecule has 19 heavy (non-hydrogen) atoms. The Kier molecular flexibility index (Phi) is 3.43. The van der Waals surface area contributed by atoms with Crippen molar-refractivity contribution in [1.29, 1.82) is 0 Å². The van der Waals surface area contributed by atoms with Crippen molar-refractivity contribution >= 4 is 28.9 Å².